The molecular weight excluding hydrogens is 284 g/mol. The van der Waals surface area contributed by atoms with Crippen LogP contribution in [0, 0.1) is 0 Å². The lowest BCUT2D eigenvalue weighted by Gasteiger charge is -2.02. The van der Waals surface area contributed by atoms with Gasteiger partial charge in [0.15, 0.2) is 5.78 Å². The molecule has 0 spiro atoms. The molecule has 0 bridgehead atoms. The fourth-order valence-corrected chi connectivity index (χ4v) is 2.04. The lowest BCUT2D eigenvalue weighted by atomic mass is 10.1. The van der Waals surface area contributed by atoms with E-state index in [-0.39, 0.29) is 6.42 Å². The highest BCUT2D eigenvalue weighted by Crippen LogP contribution is 2.16. The van der Waals surface area contributed by atoms with Gasteiger partial charge in [-0.3, -0.25) is 9.35 Å². The first-order valence-corrected chi connectivity index (χ1v) is 6.49. The maximum Gasteiger partial charge on any atom is 0.272 e. The van der Waals surface area contributed by atoms with Crippen LogP contribution in [0.3, 0.4) is 0 Å². The van der Waals surface area contributed by atoms with Crippen molar-refractivity contribution in [2.45, 2.75) is 6.42 Å². The SMILES string of the molecule is O=C(Cc1ccccc1Br)CS(=O)(=O)O. The van der Waals surface area contributed by atoms with Gasteiger partial charge >= 0.3 is 0 Å². The van der Waals surface area contributed by atoms with Gasteiger partial charge in [-0.2, -0.15) is 8.42 Å². The number of benzene rings is 1. The third kappa shape index (κ3) is 4.55. The Labute approximate surface area is 96.2 Å². The molecule has 1 N–H and O–H groups in total. The van der Waals surface area contributed by atoms with Crippen LogP contribution in [0.25, 0.3) is 0 Å². The van der Waals surface area contributed by atoms with Crippen molar-refractivity contribution in [2.24, 2.45) is 0 Å². The van der Waals surface area contributed by atoms with Crippen LogP contribution < -0.4 is 0 Å². The molecule has 1 rings (SSSR count). The molecular formula is C9H9BrO4S. The molecule has 0 fully saturated rings. The topological polar surface area (TPSA) is 71.4 Å². The van der Waals surface area contributed by atoms with Crippen molar-refractivity contribution < 1.29 is 17.8 Å². The first kappa shape index (κ1) is 12.4. The van der Waals surface area contributed by atoms with Gasteiger partial charge in [-0.05, 0) is 11.6 Å². The van der Waals surface area contributed by atoms with Crippen LogP contribution in [0.15, 0.2) is 28.7 Å². The van der Waals surface area contributed by atoms with E-state index in [0.717, 1.165) is 4.47 Å². The predicted molar refractivity (Wildman–Crippen MR) is 59.3 cm³/mol. The molecule has 0 atom stereocenters. The summed E-state index contributed by atoms with van der Waals surface area (Å²) in [6.45, 7) is 0. The number of rotatable bonds is 4. The Hall–Kier alpha value is -0.720. The Morgan fingerprint density at radius 3 is 2.47 bits per heavy atom. The van der Waals surface area contributed by atoms with E-state index in [0.29, 0.717) is 5.56 Å². The van der Waals surface area contributed by atoms with Gasteiger partial charge < -0.3 is 0 Å². The number of carbonyl (C=O) groups excluding carboxylic acids is 1. The summed E-state index contributed by atoms with van der Waals surface area (Å²) in [6.07, 6.45) is -0.0127. The summed E-state index contributed by atoms with van der Waals surface area (Å²) >= 11 is 3.24. The van der Waals surface area contributed by atoms with Crippen LogP contribution in [-0.2, 0) is 21.3 Å². The van der Waals surface area contributed by atoms with E-state index in [1.54, 1.807) is 24.3 Å². The normalized spacial score (nSPS) is 11.3. The highest BCUT2D eigenvalue weighted by Gasteiger charge is 2.14. The molecule has 1 aromatic rings. The number of carbonyl (C=O) groups is 1. The van der Waals surface area contributed by atoms with Gasteiger partial charge in [-0.15, -0.1) is 0 Å². The summed E-state index contributed by atoms with van der Waals surface area (Å²) in [6, 6.07) is 7.02. The highest BCUT2D eigenvalue weighted by molar-refractivity contribution is 9.10. The fourth-order valence-electron chi connectivity index (χ4n) is 1.11. The fraction of sp³-hybridized carbons (Fsp3) is 0.222. The zero-order valence-electron chi connectivity index (χ0n) is 7.68. The predicted octanol–water partition coefficient (Wildman–Crippen LogP) is 1.45. The molecule has 0 saturated heterocycles. The molecule has 0 heterocycles. The standard InChI is InChI=1S/C9H9BrO4S/c10-9-4-2-1-3-7(9)5-8(11)6-15(12,13)14/h1-4H,5-6H2,(H,12,13,14). The van der Waals surface area contributed by atoms with Gasteiger partial charge in [0, 0.05) is 10.9 Å². The molecule has 0 unspecified atom stereocenters. The van der Waals surface area contributed by atoms with Gasteiger partial charge in [0.2, 0.25) is 0 Å². The summed E-state index contributed by atoms with van der Waals surface area (Å²) in [4.78, 5) is 11.2. The van der Waals surface area contributed by atoms with E-state index >= 15 is 0 Å². The molecule has 0 aliphatic carbocycles. The number of Topliss-reactive ketones (excluding diaryl/α,β-unsaturated/α-hetero) is 1. The van der Waals surface area contributed by atoms with Crippen LogP contribution in [0.5, 0.6) is 0 Å². The molecule has 6 heteroatoms. The second-order valence-corrected chi connectivity index (χ2v) is 5.34. The number of hydrogen-bond acceptors (Lipinski definition) is 3. The minimum Gasteiger partial charge on any atom is -0.298 e. The Kier molecular flexibility index (Phi) is 4.01. The van der Waals surface area contributed by atoms with E-state index in [1.807, 2.05) is 0 Å². The average molecular weight is 293 g/mol. The van der Waals surface area contributed by atoms with E-state index in [9.17, 15) is 13.2 Å². The van der Waals surface area contributed by atoms with E-state index in [1.165, 1.54) is 0 Å². The van der Waals surface area contributed by atoms with Crippen molar-refractivity contribution in [1.29, 1.82) is 0 Å². The van der Waals surface area contributed by atoms with Crippen molar-refractivity contribution >= 4 is 31.8 Å². The lowest BCUT2D eigenvalue weighted by molar-refractivity contribution is -0.116. The third-order valence-electron chi connectivity index (χ3n) is 1.69. The lowest BCUT2D eigenvalue weighted by Crippen LogP contribution is -2.16. The summed E-state index contributed by atoms with van der Waals surface area (Å²) < 4.78 is 30.1. The third-order valence-corrected chi connectivity index (χ3v) is 3.15. The molecule has 1 aromatic carbocycles. The molecule has 4 nitrogen and oxygen atoms in total. The number of halogens is 1. The second kappa shape index (κ2) is 4.87. The zero-order valence-corrected chi connectivity index (χ0v) is 10.1. The highest BCUT2D eigenvalue weighted by atomic mass is 79.9. The van der Waals surface area contributed by atoms with Gasteiger partial charge in [0.05, 0.1) is 0 Å². The van der Waals surface area contributed by atoms with Crippen LogP contribution in [0.1, 0.15) is 5.56 Å². The molecule has 0 amide bonds. The quantitative estimate of drug-likeness (QED) is 0.853. The molecule has 82 valence electrons. The van der Waals surface area contributed by atoms with Crippen molar-refractivity contribution in [3.8, 4) is 0 Å². The van der Waals surface area contributed by atoms with Crippen molar-refractivity contribution in [3.05, 3.63) is 34.3 Å². The Morgan fingerprint density at radius 1 is 1.33 bits per heavy atom. The Bertz CT molecular complexity index is 467. The van der Waals surface area contributed by atoms with Gasteiger partial charge in [0.25, 0.3) is 10.1 Å². The molecule has 0 aromatic heterocycles. The van der Waals surface area contributed by atoms with E-state index < -0.39 is 21.7 Å². The number of hydrogen-bond donors (Lipinski definition) is 1. The van der Waals surface area contributed by atoms with Crippen LogP contribution in [0.4, 0.5) is 0 Å². The minimum absolute atomic E-state index is 0.0127. The van der Waals surface area contributed by atoms with Gasteiger partial charge in [0.1, 0.15) is 5.75 Å². The maximum atomic E-state index is 11.2. The number of ketones is 1. The molecule has 15 heavy (non-hydrogen) atoms. The average Bonchev–Trinajstić information content (AvgIpc) is 2.05. The van der Waals surface area contributed by atoms with Crippen LogP contribution >= 0.6 is 15.9 Å². The van der Waals surface area contributed by atoms with Gasteiger partial charge in [-0.25, -0.2) is 0 Å². The maximum absolute atomic E-state index is 11.2. The summed E-state index contributed by atoms with van der Waals surface area (Å²) in [5.41, 5.74) is 0.700. The molecule has 0 aliphatic rings. The molecule has 0 aliphatic heterocycles. The second-order valence-electron chi connectivity index (χ2n) is 3.03. The monoisotopic (exact) mass is 292 g/mol. The smallest absolute Gasteiger partial charge is 0.272 e. The summed E-state index contributed by atoms with van der Waals surface area (Å²) in [5, 5.41) is 0. The van der Waals surface area contributed by atoms with Crippen LogP contribution in [-0.4, -0.2) is 24.5 Å². The van der Waals surface area contributed by atoms with E-state index in [2.05, 4.69) is 15.9 Å². The largest absolute Gasteiger partial charge is 0.298 e. The molecule has 0 radical (unpaired) electrons. The van der Waals surface area contributed by atoms with Crippen LogP contribution in [0.2, 0.25) is 0 Å². The Morgan fingerprint density at radius 2 is 1.93 bits per heavy atom. The first-order chi connectivity index (χ1) is 6.88. The van der Waals surface area contributed by atoms with E-state index in [4.69, 9.17) is 4.55 Å². The first-order valence-electron chi connectivity index (χ1n) is 4.09. The van der Waals surface area contributed by atoms with Crippen molar-refractivity contribution in [3.63, 3.8) is 0 Å². The summed E-state index contributed by atoms with van der Waals surface area (Å²) in [7, 11) is -4.22. The van der Waals surface area contributed by atoms with Gasteiger partial charge in [-0.1, -0.05) is 34.1 Å². The minimum atomic E-state index is -4.22. The summed E-state index contributed by atoms with van der Waals surface area (Å²) in [5.74, 6) is -1.38. The van der Waals surface area contributed by atoms with Crippen molar-refractivity contribution in [2.75, 3.05) is 5.75 Å². The zero-order chi connectivity index (χ0) is 11.5. The molecule has 0 saturated carbocycles. The van der Waals surface area contributed by atoms with Crippen molar-refractivity contribution in [1.82, 2.24) is 0 Å². The Balaban J connectivity index is 2.72.